The second-order valence-corrected chi connectivity index (χ2v) is 17.5. The fraction of sp³-hybridized carbons (Fsp3) is 0.429. The van der Waals surface area contributed by atoms with Crippen LogP contribution in [0, 0.1) is 0 Å². The first-order valence-electron chi connectivity index (χ1n) is 19.1. The fourth-order valence-corrected chi connectivity index (χ4v) is 8.33. The number of azo groups is 2. The first-order chi connectivity index (χ1) is 26.2. The van der Waals surface area contributed by atoms with Gasteiger partial charge in [-0.3, -0.25) is 0 Å². The quantitative estimate of drug-likeness (QED) is 0.0485. The van der Waals surface area contributed by atoms with E-state index in [-0.39, 0.29) is 11.5 Å². The van der Waals surface area contributed by atoms with E-state index in [0.29, 0.717) is 70.1 Å². The van der Waals surface area contributed by atoms with E-state index < -0.39 is 19.7 Å². The van der Waals surface area contributed by atoms with Gasteiger partial charge in [0.2, 0.25) is 0 Å². The maximum atomic E-state index is 12.7. The fourth-order valence-electron chi connectivity index (χ4n) is 5.59. The Hall–Kier alpha value is -4.42. The van der Waals surface area contributed by atoms with E-state index in [1.54, 1.807) is 97.1 Å². The van der Waals surface area contributed by atoms with Crippen LogP contribution in [0.4, 0.5) is 22.7 Å². The zero-order valence-electron chi connectivity index (χ0n) is 31.6. The summed E-state index contributed by atoms with van der Waals surface area (Å²) in [5, 5.41) is 17.0. The third-order valence-corrected chi connectivity index (χ3v) is 12.4. The van der Waals surface area contributed by atoms with Crippen LogP contribution in [0.3, 0.4) is 0 Å². The van der Waals surface area contributed by atoms with Crippen LogP contribution in [0.5, 0.6) is 11.5 Å². The maximum absolute atomic E-state index is 12.7. The lowest BCUT2D eigenvalue weighted by Gasteiger charge is -2.08. The van der Waals surface area contributed by atoms with Crippen LogP contribution in [-0.2, 0) is 19.7 Å². The van der Waals surface area contributed by atoms with Gasteiger partial charge in [0.15, 0.2) is 19.7 Å². The minimum atomic E-state index is -3.30. The molecule has 0 aliphatic heterocycles. The Labute approximate surface area is 322 Å². The molecule has 0 N–H and O–H groups in total. The lowest BCUT2D eigenvalue weighted by Crippen LogP contribution is -2.08. The molecule has 0 aromatic heterocycles. The Morgan fingerprint density at radius 1 is 0.389 bits per heavy atom. The van der Waals surface area contributed by atoms with Gasteiger partial charge in [-0.1, -0.05) is 78.1 Å². The van der Waals surface area contributed by atoms with Gasteiger partial charge >= 0.3 is 0 Å². The summed E-state index contributed by atoms with van der Waals surface area (Å²) in [5.41, 5.74) is 2.42. The summed E-state index contributed by atoms with van der Waals surface area (Å²) in [7, 11) is -6.61. The van der Waals surface area contributed by atoms with Crippen molar-refractivity contribution in [2.45, 2.75) is 101 Å². The third-order valence-electron chi connectivity index (χ3n) is 8.78. The molecule has 12 heteroatoms. The zero-order chi connectivity index (χ0) is 38.5. The molecule has 0 aliphatic rings. The highest BCUT2D eigenvalue weighted by Crippen LogP contribution is 2.25. The van der Waals surface area contributed by atoms with Crippen molar-refractivity contribution in [3.8, 4) is 11.5 Å². The van der Waals surface area contributed by atoms with Gasteiger partial charge in [-0.25, -0.2) is 16.8 Å². The molecule has 10 nitrogen and oxygen atoms in total. The minimum absolute atomic E-state index is 0.164. The van der Waals surface area contributed by atoms with Crippen LogP contribution >= 0.6 is 0 Å². The molecule has 0 spiro atoms. The first kappa shape index (κ1) is 42.3. The number of hydrogen-bond acceptors (Lipinski definition) is 10. The highest BCUT2D eigenvalue weighted by molar-refractivity contribution is 7.91. The van der Waals surface area contributed by atoms with Gasteiger partial charge in [-0.15, -0.1) is 0 Å². The number of hydrogen-bond donors (Lipinski definition) is 0. The van der Waals surface area contributed by atoms with Crippen LogP contribution in [-0.4, -0.2) is 41.6 Å². The summed E-state index contributed by atoms with van der Waals surface area (Å²) in [6, 6.07) is 27.4. The molecule has 0 heterocycles. The Balaban J connectivity index is 1.14. The van der Waals surface area contributed by atoms with E-state index in [9.17, 15) is 16.8 Å². The summed E-state index contributed by atoms with van der Waals surface area (Å²) in [6.45, 7) is 5.00. The Morgan fingerprint density at radius 3 is 0.981 bits per heavy atom. The van der Waals surface area contributed by atoms with Gasteiger partial charge in [-0.05, 0) is 110 Å². The molecule has 4 aromatic rings. The van der Waals surface area contributed by atoms with Gasteiger partial charge < -0.3 is 9.47 Å². The molecular formula is C42H54N4O6S2. The highest BCUT2D eigenvalue weighted by atomic mass is 32.2. The molecule has 0 aliphatic carbocycles. The number of unbranched alkanes of at least 4 members (excludes halogenated alkanes) is 10. The molecule has 0 bridgehead atoms. The Kier molecular flexibility index (Phi) is 17.8. The summed E-state index contributed by atoms with van der Waals surface area (Å²) < 4.78 is 62.2. The summed E-state index contributed by atoms with van der Waals surface area (Å²) >= 11 is 0. The standard InChI is InChI=1S/C42H54N4O6S2/c1-3-5-7-9-11-13-33-53(47,48)41-27-19-37(20-28-41)45-43-35-15-23-39(24-16-35)51-31-32-52-40-25-17-36(18-26-40)44-46-38-21-29-42(30-22-38)54(49,50)34-14-12-10-8-6-4-2/h15-30H,3-14,31-34H2,1-2H3. The average Bonchev–Trinajstić information content (AvgIpc) is 3.19. The van der Waals surface area contributed by atoms with E-state index in [1.165, 1.54) is 25.7 Å². The molecule has 0 saturated carbocycles. The van der Waals surface area contributed by atoms with Crippen LogP contribution < -0.4 is 9.47 Å². The topological polar surface area (TPSA) is 136 Å². The molecule has 0 atom stereocenters. The van der Waals surface area contributed by atoms with Crippen molar-refractivity contribution in [2.24, 2.45) is 20.5 Å². The van der Waals surface area contributed by atoms with Crippen molar-refractivity contribution in [3.63, 3.8) is 0 Å². The number of rotatable bonds is 25. The Bertz CT molecular complexity index is 1800. The summed E-state index contributed by atoms with van der Waals surface area (Å²) in [6.07, 6.45) is 12.4. The van der Waals surface area contributed by atoms with Crippen LogP contribution in [0.25, 0.3) is 0 Å². The molecule has 0 saturated heterocycles. The van der Waals surface area contributed by atoms with E-state index in [0.717, 1.165) is 38.5 Å². The minimum Gasteiger partial charge on any atom is -0.490 e. The van der Waals surface area contributed by atoms with Crippen LogP contribution in [0.2, 0.25) is 0 Å². The molecule has 290 valence electrons. The van der Waals surface area contributed by atoms with Gasteiger partial charge in [-0.2, -0.15) is 20.5 Å². The zero-order valence-corrected chi connectivity index (χ0v) is 33.2. The maximum Gasteiger partial charge on any atom is 0.178 e. The third kappa shape index (κ3) is 15.1. The second kappa shape index (κ2) is 22.7. The molecule has 0 radical (unpaired) electrons. The molecule has 4 aromatic carbocycles. The average molecular weight is 775 g/mol. The SMILES string of the molecule is CCCCCCCCS(=O)(=O)c1ccc(N=Nc2ccc(OCCOc3ccc(N=Nc4ccc(S(=O)(=O)CCCCCCCC)cc4)cc3)cc2)cc1. The molecule has 54 heavy (non-hydrogen) atoms. The smallest absolute Gasteiger partial charge is 0.178 e. The van der Waals surface area contributed by atoms with Gasteiger partial charge in [0.25, 0.3) is 0 Å². The molecule has 0 amide bonds. The van der Waals surface area contributed by atoms with Gasteiger partial charge in [0.1, 0.15) is 24.7 Å². The highest BCUT2D eigenvalue weighted by Gasteiger charge is 2.15. The predicted molar refractivity (Wildman–Crippen MR) is 216 cm³/mol. The van der Waals surface area contributed by atoms with Crippen molar-refractivity contribution in [1.82, 2.24) is 0 Å². The number of benzene rings is 4. The molecule has 0 fully saturated rings. The lowest BCUT2D eigenvalue weighted by molar-refractivity contribution is 0.217. The number of sulfone groups is 2. The van der Waals surface area contributed by atoms with E-state index in [4.69, 9.17) is 9.47 Å². The largest absolute Gasteiger partial charge is 0.490 e. The van der Waals surface area contributed by atoms with Gasteiger partial charge in [0, 0.05) is 0 Å². The first-order valence-corrected chi connectivity index (χ1v) is 22.4. The number of ether oxygens (including phenoxy) is 2. The predicted octanol–water partition coefficient (Wildman–Crippen LogP) is 12.2. The van der Waals surface area contributed by atoms with Gasteiger partial charge in [0.05, 0.1) is 44.0 Å². The van der Waals surface area contributed by atoms with E-state index in [1.807, 2.05) is 0 Å². The van der Waals surface area contributed by atoms with Crippen molar-refractivity contribution in [1.29, 1.82) is 0 Å². The van der Waals surface area contributed by atoms with Crippen molar-refractivity contribution in [2.75, 3.05) is 24.7 Å². The van der Waals surface area contributed by atoms with E-state index >= 15 is 0 Å². The number of nitrogens with zero attached hydrogens (tertiary/aromatic N) is 4. The van der Waals surface area contributed by atoms with Crippen LogP contribution in [0.1, 0.15) is 90.9 Å². The molecule has 0 unspecified atom stereocenters. The summed E-state index contributed by atoms with van der Waals surface area (Å²) in [4.78, 5) is 0.628. The lowest BCUT2D eigenvalue weighted by atomic mass is 10.1. The second-order valence-electron chi connectivity index (χ2n) is 13.2. The Morgan fingerprint density at radius 2 is 0.667 bits per heavy atom. The van der Waals surface area contributed by atoms with Crippen molar-refractivity contribution >= 4 is 42.4 Å². The van der Waals surface area contributed by atoms with Crippen molar-refractivity contribution < 1.29 is 26.3 Å². The monoisotopic (exact) mass is 774 g/mol. The van der Waals surface area contributed by atoms with Crippen molar-refractivity contribution in [3.05, 3.63) is 97.1 Å². The summed E-state index contributed by atoms with van der Waals surface area (Å²) in [5.74, 6) is 1.66. The molecule has 4 rings (SSSR count). The molecular weight excluding hydrogens is 721 g/mol. The van der Waals surface area contributed by atoms with Crippen LogP contribution in [0.15, 0.2) is 127 Å². The normalized spacial score (nSPS) is 12.1. The van der Waals surface area contributed by atoms with E-state index in [2.05, 4.69) is 34.3 Å².